The van der Waals surface area contributed by atoms with Crippen molar-refractivity contribution in [3.63, 3.8) is 0 Å². The molecular formula is C22H18O4. The molecule has 26 heavy (non-hydrogen) atoms. The lowest BCUT2D eigenvalue weighted by atomic mass is 9.92. The quantitative estimate of drug-likeness (QED) is 0.699. The molecule has 0 saturated carbocycles. The van der Waals surface area contributed by atoms with Crippen molar-refractivity contribution in [2.75, 3.05) is 0 Å². The largest absolute Gasteiger partial charge is 0.478 e. The van der Waals surface area contributed by atoms with Crippen molar-refractivity contribution < 1.29 is 19.8 Å². The highest BCUT2D eigenvalue weighted by Gasteiger charge is 2.14. The van der Waals surface area contributed by atoms with Crippen LogP contribution in [0.4, 0.5) is 0 Å². The van der Waals surface area contributed by atoms with E-state index in [0.29, 0.717) is 12.8 Å². The summed E-state index contributed by atoms with van der Waals surface area (Å²) in [5.41, 5.74) is 4.02. The van der Waals surface area contributed by atoms with Gasteiger partial charge in [-0.3, -0.25) is 0 Å². The Morgan fingerprint density at radius 3 is 1.19 bits per heavy atom. The fourth-order valence-corrected chi connectivity index (χ4v) is 3.08. The smallest absolute Gasteiger partial charge is 0.335 e. The summed E-state index contributed by atoms with van der Waals surface area (Å²) in [6.45, 7) is 0. The van der Waals surface area contributed by atoms with E-state index < -0.39 is 11.9 Å². The molecule has 0 radical (unpaired) electrons. The van der Waals surface area contributed by atoms with Crippen molar-refractivity contribution in [3.05, 3.63) is 106 Å². The summed E-state index contributed by atoms with van der Waals surface area (Å²) in [5.74, 6) is -1.90. The molecule has 0 aliphatic carbocycles. The molecule has 0 amide bonds. The van der Waals surface area contributed by atoms with Gasteiger partial charge < -0.3 is 10.2 Å². The van der Waals surface area contributed by atoms with E-state index in [1.54, 1.807) is 24.3 Å². The molecule has 0 aliphatic rings. The third-order valence-electron chi connectivity index (χ3n) is 4.38. The molecule has 4 nitrogen and oxygen atoms in total. The molecule has 0 atom stereocenters. The third kappa shape index (κ3) is 3.81. The molecule has 0 saturated heterocycles. The minimum absolute atomic E-state index is 0.285. The molecule has 2 N–H and O–H groups in total. The molecule has 3 rings (SSSR count). The molecule has 0 fully saturated rings. The van der Waals surface area contributed by atoms with Crippen LogP contribution in [0.3, 0.4) is 0 Å². The van der Waals surface area contributed by atoms with Crippen LogP contribution in [0.25, 0.3) is 0 Å². The summed E-state index contributed by atoms with van der Waals surface area (Å²) >= 11 is 0. The zero-order valence-corrected chi connectivity index (χ0v) is 14.1. The van der Waals surface area contributed by atoms with Gasteiger partial charge >= 0.3 is 11.9 Å². The molecule has 0 aromatic heterocycles. The van der Waals surface area contributed by atoms with E-state index in [0.717, 1.165) is 22.3 Å². The van der Waals surface area contributed by atoms with E-state index >= 15 is 0 Å². The second kappa shape index (κ2) is 7.66. The molecule has 0 unspecified atom stereocenters. The third-order valence-corrected chi connectivity index (χ3v) is 4.38. The van der Waals surface area contributed by atoms with Gasteiger partial charge in [0.05, 0.1) is 11.1 Å². The van der Waals surface area contributed by atoms with Gasteiger partial charge in [-0.2, -0.15) is 0 Å². The Kier molecular flexibility index (Phi) is 5.13. The van der Waals surface area contributed by atoms with E-state index in [1.165, 1.54) is 0 Å². The van der Waals surface area contributed by atoms with Gasteiger partial charge in [0, 0.05) is 0 Å². The molecule has 3 aromatic rings. The Bertz CT molecular complexity index is 881. The van der Waals surface area contributed by atoms with Crippen LogP contribution in [0.2, 0.25) is 0 Å². The van der Waals surface area contributed by atoms with Crippen molar-refractivity contribution in [2.45, 2.75) is 12.8 Å². The maximum atomic E-state index is 11.4. The van der Waals surface area contributed by atoms with Crippen molar-refractivity contribution in [3.8, 4) is 0 Å². The van der Waals surface area contributed by atoms with Gasteiger partial charge in [0.25, 0.3) is 0 Å². The highest BCUT2D eigenvalue weighted by atomic mass is 16.4. The Morgan fingerprint density at radius 2 is 0.846 bits per heavy atom. The lowest BCUT2D eigenvalue weighted by Gasteiger charge is -2.13. The average Bonchev–Trinajstić information content (AvgIpc) is 2.64. The topological polar surface area (TPSA) is 74.6 Å². The molecule has 0 heterocycles. The normalized spacial score (nSPS) is 10.5. The summed E-state index contributed by atoms with van der Waals surface area (Å²) in [4.78, 5) is 22.9. The van der Waals surface area contributed by atoms with Crippen molar-refractivity contribution in [2.24, 2.45) is 0 Å². The van der Waals surface area contributed by atoms with Gasteiger partial charge in [-0.15, -0.1) is 0 Å². The van der Waals surface area contributed by atoms with Crippen LogP contribution in [0, 0.1) is 0 Å². The fraction of sp³-hybridized carbons (Fsp3) is 0.0909. The minimum atomic E-state index is -0.950. The summed E-state index contributed by atoms with van der Waals surface area (Å²) in [6.07, 6.45) is 0.960. The Hall–Kier alpha value is -3.40. The number of rotatable bonds is 6. The van der Waals surface area contributed by atoms with Crippen LogP contribution in [0.5, 0.6) is 0 Å². The van der Waals surface area contributed by atoms with E-state index in [-0.39, 0.29) is 11.1 Å². The number of hydrogen-bond acceptors (Lipinski definition) is 2. The summed E-state index contributed by atoms with van der Waals surface area (Å²) in [5, 5.41) is 18.8. The zero-order chi connectivity index (χ0) is 18.5. The van der Waals surface area contributed by atoms with Crippen LogP contribution in [0.15, 0.2) is 72.8 Å². The maximum Gasteiger partial charge on any atom is 0.335 e. The monoisotopic (exact) mass is 346 g/mol. The number of carboxylic acids is 2. The van der Waals surface area contributed by atoms with Crippen LogP contribution in [-0.4, -0.2) is 22.2 Å². The second-order valence-corrected chi connectivity index (χ2v) is 6.05. The van der Waals surface area contributed by atoms with E-state index in [2.05, 4.69) is 0 Å². The molecule has 0 spiro atoms. The first-order valence-corrected chi connectivity index (χ1v) is 8.25. The van der Waals surface area contributed by atoms with E-state index in [9.17, 15) is 19.8 Å². The average molecular weight is 346 g/mol. The van der Waals surface area contributed by atoms with Crippen LogP contribution in [0.1, 0.15) is 43.0 Å². The molecular weight excluding hydrogens is 328 g/mol. The van der Waals surface area contributed by atoms with Gasteiger partial charge in [-0.05, 0) is 47.2 Å². The minimum Gasteiger partial charge on any atom is -0.478 e. The van der Waals surface area contributed by atoms with Gasteiger partial charge in [0.2, 0.25) is 0 Å². The molecule has 4 heteroatoms. The number of aromatic carboxylic acids is 2. The lowest BCUT2D eigenvalue weighted by Crippen LogP contribution is -2.06. The van der Waals surface area contributed by atoms with Gasteiger partial charge in [-0.25, -0.2) is 9.59 Å². The first-order chi connectivity index (χ1) is 12.6. The van der Waals surface area contributed by atoms with Crippen LogP contribution >= 0.6 is 0 Å². The summed E-state index contributed by atoms with van der Waals surface area (Å²) in [7, 11) is 0. The van der Waals surface area contributed by atoms with E-state index in [4.69, 9.17) is 0 Å². The highest BCUT2D eigenvalue weighted by molar-refractivity contribution is 5.90. The SMILES string of the molecule is O=C(O)c1ccccc1Cc1ccccc1Cc1ccccc1C(=O)O. The molecule has 0 aliphatic heterocycles. The summed E-state index contributed by atoms with van der Waals surface area (Å²) in [6, 6.07) is 21.6. The first kappa shape index (κ1) is 17.4. The van der Waals surface area contributed by atoms with Crippen molar-refractivity contribution in [1.82, 2.24) is 0 Å². The zero-order valence-electron chi connectivity index (χ0n) is 14.1. The Balaban J connectivity index is 1.96. The van der Waals surface area contributed by atoms with Gasteiger partial charge in [0.1, 0.15) is 0 Å². The highest BCUT2D eigenvalue weighted by Crippen LogP contribution is 2.22. The number of carboxylic acid groups (broad SMARTS) is 2. The Labute approximate surface area is 151 Å². The maximum absolute atomic E-state index is 11.4. The van der Waals surface area contributed by atoms with Crippen LogP contribution < -0.4 is 0 Å². The predicted molar refractivity (Wildman–Crippen MR) is 98.9 cm³/mol. The number of benzene rings is 3. The second-order valence-electron chi connectivity index (χ2n) is 6.05. The standard InChI is InChI=1S/C22H18O4/c23-21(24)19-11-5-3-9-17(19)13-15-7-1-2-8-16(15)14-18-10-4-6-12-20(18)22(25)26/h1-12H,13-14H2,(H,23,24)(H,25,26). The number of carbonyl (C=O) groups is 2. The van der Waals surface area contributed by atoms with Crippen LogP contribution in [-0.2, 0) is 12.8 Å². The molecule has 130 valence electrons. The first-order valence-electron chi connectivity index (χ1n) is 8.25. The van der Waals surface area contributed by atoms with Crippen molar-refractivity contribution in [1.29, 1.82) is 0 Å². The summed E-state index contributed by atoms with van der Waals surface area (Å²) < 4.78 is 0. The predicted octanol–water partition coefficient (Wildman–Crippen LogP) is 4.26. The number of hydrogen-bond donors (Lipinski definition) is 2. The molecule has 0 bridgehead atoms. The fourth-order valence-electron chi connectivity index (χ4n) is 3.08. The van der Waals surface area contributed by atoms with Gasteiger partial charge in [0.15, 0.2) is 0 Å². The van der Waals surface area contributed by atoms with E-state index in [1.807, 2.05) is 48.5 Å². The lowest BCUT2D eigenvalue weighted by molar-refractivity contribution is 0.0685. The molecule has 3 aromatic carbocycles. The Morgan fingerprint density at radius 1 is 0.538 bits per heavy atom. The van der Waals surface area contributed by atoms with Gasteiger partial charge in [-0.1, -0.05) is 60.7 Å². The van der Waals surface area contributed by atoms with Crippen molar-refractivity contribution >= 4 is 11.9 Å².